The summed E-state index contributed by atoms with van der Waals surface area (Å²) in [6.07, 6.45) is 1.89. The van der Waals surface area contributed by atoms with Gasteiger partial charge in [0.05, 0.1) is 19.7 Å². The monoisotopic (exact) mass is 375 g/mol. The maximum absolute atomic E-state index is 5.53. The molecule has 0 aliphatic rings. The highest BCUT2D eigenvalue weighted by molar-refractivity contribution is 7.11. The SMILES string of the molecule is CCNC(=NCc1ncc(C)s1)NCC(c1ccccc1OC)N(C)C. The highest BCUT2D eigenvalue weighted by atomic mass is 32.1. The van der Waals surface area contributed by atoms with Crippen LogP contribution in [0.5, 0.6) is 5.75 Å². The molecule has 0 saturated carbocycles. The number of likely N-dealkylation sites (N-methyl/N-ethyl adjacent to an activating group) is 1. The van der Waals surface area contributed by atoms with Crippen molar-refractivity contribution in [2.45, 2.75) is 26.4 Å². The van der Waals surface area contributed by atoms with Crippen LogP contribution in [0.15, 0.2) is 35.5 Å². The zero-order valence-corrected chi connectivity index (χ0v) is 17.1. The fourth-order valence-corrected chi connectivity index (χ4v) is 3.38. The number of para-hydroxylation sites is 1. The highest BCUT2D eigenvalue weighted by Gasteiger charge is 2.18. The van der Waals surface area contributed by atoms with Crippen LogP contribution in [0.3, 0.4) is 0 Å². The van der Waals surface area contributed by atoms with Crippen LogP contribution in [-0.2, 0) is 6.54 Å². The Morgan fingerprint density at radius 1 is 1.31 bits per heavy atom. The molecule has 1 heterocycles. The second-order valence-electron chi connectivity index (χ2n) is 6.16. The van der Waals surface area contributed by atoms with Crippen molar-refractivity contribution in [3.05, 3.63) is 45.9 Å². The minimum Gasteiger partial charge on any atom is -0.496 e. The Morgan fingerprint density at radius 2 is 2.08 bits per heavy atom. The molecule has 1 aromatic heterocycles. The van der Waals surface area contributed by atoms with E-state index in [1.807, 2.05) is 24.4 Å². The molecule has 0 aliphatic carbocycles. The molecule has 0 amide bonds. The summed E-state index contributed by atoms with van der Waals surface area (Å²) in [5.74, 6) is 1.69. The van der Waals surface area contributed by atoms with E-state index in [0.29, 0.717) is 6.54 Å². The Bertz CT molecular complexity index is 713. The number of nitrogens with zero attached hydrogens (tertiary/aromatic N) is 3. The van der Waals surface area contributed by atoms with Crippen LogP contribution >= 0.6 is 11.3 Å². The van der Waals surface area contributed by atoms with Crippen LogP contribution in [0, 0.1) is 6.92 Å². The maximum atomic E-state index is 5.53. The maximum Gasteiger partial charge on any atom is 0.191 e. The molecule has 1 atom stereocenters. The number of aryl methyl sites for hydroxylation is 1. The number of hydrogen-bond donors (Lipinski definition) is 2. The fourth-order valence-electron chi connectivity index (χ4n) is 2.67. The van der Waals surface area contributed by atoms with Gasteiger partial charge in [0, 0.05) is 29.7 Å². The van der Waals surface area contributed by atoms with Crippen molar-refractivity contribution in [2.24, 2.45) is 4.99 Å². The van der Waals surface area contributed by atoms with E-state index in [9.17, 15) is 0 Å². The predicted molar refractivity (Wildman–Crippen MR) is 109 cm³/mol. The third-order valence-corrected chi connectivity index (χ3v) is 4.87. The topological polar surface area (TPSA) is 61.8 Å². The van der Waals surface area contributed by atoms with Gasteiger partial charge in [-0.05, 0) is 34.0 Å². The quantitative estimate of drug-likeness (QED) is 0.549. The van der Waals surface area contributed by atoms with Gasteiger partial charge in [-0.25, -0.2) is 9.98 Å². The van der Waals surface area contributed by atoms with E-state index in [1.165, 1.54) is 4.88 Å². The van der Waals surface area contributed by atoms with Crippen molar-refractivity contribution < 1.29 is 4.74 Å². The Morgan fingerprint density at radius 3 is 2.69 bits per heavy atom. The lowest BCUT2D eigenvalue weighted by Gasteiger charge is -2.27. The number of benzene rings is 1. The molecule has 1 aromatic carbocycles. The van der Waals surface area contributed by atoms with E-state index in [1.54, 1.807) is 18.4 Å². The summed E-state index contributed by atoms with van der Waals surface area (Å²) in [7, 11) is 5.85. The number of thiazole rings is 1. The van der Waals surface area contributed by atoms with Crippen molar-refractivity contribution >= 4 is 17.3 Å². The van der Waals surface area contributed by atoms with Crippen LogP contribution in [0.2, 0.25) is 0 Å². The van der Waals surface area contributed by atoms with Gasteiger partial charge in [0.1, 0.15) is 10.8 Å². The molecule has 1 unspecified atom stereocenters. The van der Waals surface area contributed by atoms with Crippen LogP contribution in [0.1, 0.15) is 28.4 Å². The highest BCUT2D eigenvalue weighted by Crippen LogP contribution is 2.27. The van der Waals surface area contributed by atoms with E-state index >= 15 is 0 Å². The summed E-state index contributed by atoms with van der Waals surface area (Å²) in [5.41, 5.74) is 1.15. The van der Waals surface area contributed by atoms with E-state index < -0.39 is 0 Å². The zero-order valence-electron chi connectivity index (χ0n) is 16.2. The number of ether oxygens (including phenoxy) is 1. The molecule has 0 spiro atoms. The summed E-state index contributed by atoms with van der Waals surface area (Å²) < 4.78 is 5.53. The van der Waals surface area contributed by atoms with Crippen LogP contribution in [0.4, 0.5) is 0 Å². The summed E-state index contributed by atoms with van der Waals surface area (Å²) in [6.45, 7) is 6.23. The van der Waals surface area contributed by atoms with Gasteiger partial charge in [0.2, 0.25) is 0 Å². The van der Waals surface area contributed by atoms with Crippen molar-refractivity contribution in [1.29, 1.82) is 0 Å². The van der Waals surface area contributed by atoms with Gasteiger partial charge in [0.15, 0.2) is 5.96 Å². The molecule has 2 aromatic rings. The van der Waals surface area contributed by atoms with Crippen LogP contribution < -0.4 is 15.4 Å². The normalized spacial score (nSPS) is 12.9. The number of hydrogen-bond acceptors (Lipinski definition) is 5. The number of rotatable bonds is 8. The molecular weight excluding hydrogens is 346 g/mol. The Labute approximate surface area is 160 Å². The van der Waals surface area contributed by atoms with E-state index in [-0.39, 0.29) is 6.04 Å². The lowest BCUT2D eigenvalue weighted by atomic mass is 10.0. The molecule has 0 saturated heterocycles. The summed E-state index contributed by atoms with van der Waals surface area (Å²) in [5, 5.41) is 7.77. The van der Waals surface area contributed by atoms with Crippen LogP contribution in [-0.4, -0.2) is 50.1 Å². The molecule has 7 heteroatoms. The zero-order chi connectivity index (χ0) is 18.9. The van der Waals surface area contributed by atoms with Gasteiger partial charge in [-0.2, -0.15) is 0 Å². The second-order valence-corrected chi connectivity index (χ2v) is 7.48. The standard InChI is InChI=1S/C19H29N5OS/c1-6-20-19(23-13-18-21-11-14(2)26-18)22-12-16(24(3)4)15-9-7-8-10-17(15)25-5/h7-11,16H,6,12-13H2,1-5H3,(H2,20,22,23). The second kappa shape index (κ2) is 10.1. The van der Waals surface area contributed by atoms with Crippen molar-refractivity contribution in [3.63, 3.8) is 0 Å². The first-order valence-corrected chi connectivity index (χ1v) is 9.59. The summed E-state index contributed by atoms with van der Waals surface area (Å²) in [6, 6.07) is 8.29. The third kappa shape index (κ3) is 5.71. The lowest BCUT2D eigenvalue weighted by molar-refractivity contribution is 0.287. The number of guanidine groups is 1. The van der Waals surface area contributed by atoms with Crippen LogP contribution in [0.25, 0.3) is 0 Å². The molecule has 0 fully saturated rings. The van der Waals surface area contributed by atoms with Gasteiger partial charge < -0.3 is 20.3 Å². The van der Waals surface area contributed by atoms with Gasteiger partial charge in [0.25, 0.3) is 0 Å². The Hall–Kier alpha value is -2.12. The molecule has 0 radical (unpaired) electrons. The molecule has 0 bridgehead atoms. The molecule has 2 rings (SSSR count). The number of aromatic nitrogens is 1. The lowest BCUT2D eigenvalue weighted by Crippen LogP contribution is -2.41. The average Bonchev–Trinajstić information content (AvgIpc) is 3.05. The van der Waals surface area contributed by atoms with Gasteiger partial charge in [-0.1, -0.05) is 18.2 Å². The largest absolute Gasteiger partial charge is 0.496 e. The Kier molecular flexibility index (Phi) is 7.87. The van der Waals surface area contributed by atoms with Gasteiger partial charge >= 0.3 is 0 Å². The molecule has 2 N–H and O–H groups in total. The molecule has 6 nitrogen and oxygen atoms in total. The first-order chi connectivity index (χ1) is 12.5. The molecular formula is C19H29N5OS. The van der Waals surface area contributed by atoms with Gasteiger partial charge in [-0.15, -0.1) is 11.3 Å². The number of aliphatic imine (C=N–C) groups is 1. The molecule has 142 valence electrons. The third-order valence-electron chi connectivity index (χ3n) is 3.97. The van der Waals surface area contributed by atoms with Crippen molar-refractivity contribution in [2.75, 3.05) is 34.3 Å². The smallest absolute Gasteiger partial charge is 0.191 e. The molecule has 26 heavy (non-hydrogen) atoms. The van der Waals surface area contributed by atoms with Crippen molar-refractivity contribution in [3.8, 4) is 5.75 Å². The minimum atomic E-state index is 0.164. The first kappa shape index (κ1) is 20.2. The first-order valence-electron chi connectivity index (χ1n) is 8.78. The average molecular weight is 376 g/mol. The number of nitrogens with one attached hydrogen (secondary N) is 2. The van der Waals surface area contributed by atoms with Gasteiger partial charge in [-0.3, -0.25) is 0 Å². The van der Waals surface area contributed by atoms with E-state index in [2.05, 4.69) is 59.5 Å². The van der Waals surface area contributed by atoms with E-state index in [4.69, 9.17) is 4.74 Å². The molecule has 0 aliphatic heterocycles. The summed E-state index contributed by atoms with van der Waals surface area (Å²) in [4.78, 5) is 12.4. The predicted octanol–water partition coefficient (Wildman–Crippen LogP) is 2.82. The number of methoxy groups -OCH3 is 1. The minimum absolute atomic E-state index is 0.164. The Balaban J connectivity index is 2.08. The van der Waals surface area contributed by atoms with E-state index in [0.717, 1.165) is 35.4 Å². The van der Waals surface area contributed by atoms with Crippen molar-refractivity contribution in [1.82, 2.24) is 20.5 Å². The fraction of sp³-hybridized carbons (Fsp3) is 0.474. The summed E-state index contributed by atoms with van der Waals surface area (Å²) >= 11 is 1.68.